The molecule has 0 saturated carbocycles. The number of allylic oxidation sites excluding steroid dienone is 1. The van der Waals surface area contributed by atoms with Gasteiger partial charge in [0.05, 0.1) is 17.0 Å². The quantitative estimate of drug-likeness (QED) is 0.302. The smallest absolute Gasteiger partial charge is 0.332 e. The molecule has 1 aromatic rings. The molecule has 1 N–H and O–H groups in total. The molecule has 9 nitrogen and oxygen atoms in total. The van der Waals surface area contributed by atoms with Gasteiger partial charge in [0.2, 0.25) is 0 Å². The number of carbonyl (C=O) groups excluding carboxylic acids is 2. The molecule has 1 heterocycles. The Morgan fingerprint density at radius 1 is 1.22 bits per heavy atom. The van der Waals surface area contributed by atoms with Crippen LogP contribution in [0.25, 0.3) is 0 Å². The van der Waals surface area contributed by atoms with E-state index in [0.717, 1.165) is 0 Å². The number of carboxylic acid groups (broad SMARTS) is 1. The number of carboxylic acids is 1. The Balaban J connectivity index is 2.02. The fourth-order valence-electron chi connectivity index (χ4n) is 4.38. The highest BCUT2D eigenvalue weighted by Crippen LogP contribution is 2.51. The number of halogens is 2. The topological polar surface area (TPSA) is 127 Å². The van der Waals surface area contributed by atoms with Gasteiger partial charge >= 0.3 is 11.9 Å². The minimum atomic E-state index is -4.27. The number of alkyl halides is 2. The van der Waals surface area contributed by atoms with Crippen molar-refractivity contribution in [1.29, 1.82) is 0 Å². The van der Waals surface area contributed by atoms with Crippen LogP contribution in [0.2, 0.25) is 0 Å². The van der Waals surface area contributed by atoms with Crippen molar-refractivity contribution in [2.24, 2.45) is 11.8 Å². The van der Waals surface area contributed by atoms with Gasteiger partial charge in [-0.15, -0.1) is 11.6 Å². The van der Waals surface area contributed by atoms with Crippen molar-refractivity contribution < 1.29 is 37.4 Å². The maximum absolute atomic E-state index is 13.2. The minimum Gasteiger partial charge on any atom is -0.481 e. The lowest BCUT2D eigenvalue weighted by Gasteiger charge is -2.46. The third-order valence-corrected chi connectivity index (χ3v) is 8.62. The molecule has 0 fully saturated rings. The number of esters is 1. The van der Waals surface area contributed by atoms with Gasteiger partial charge in [-0.25, -0.2) is 17.5 Å². The van der Waals surface area contributed by atoms with Crippen LogP contribution < -0.4 is 0 Å². The zero-order valence-electron chi connectivity index (χ0n) is 20.6. The highest BCUT2D eigenvalue weighted by Gasteiger charge is 2.60. The zero-order valence-corrected chi connectivity index (χ0v) is 22.9. The number of nitrogens with zero attached hydrogens (tertiary/aromatic N) is 1. The number of hydrogen-bond acceptors (Lipinski definition) is 7. The first-order chi connectivity index (χ1) is 16.4. The summed E-state index contributed by atoms with van der Waals surface area (Å²) < 4.78 is 37.8. The molecule has 3 rings (SSSR count). The Labute approximate surface area is 220 Å². The van der Waals surface area contributed by atoms with Crippen LogP contribution in [-0.4, -0.2) is 64.4 Å². The third kappa shape index (κ3) is 5.41. The molecule has 3 unspecified atom stereocenters. The summed E-state index contributed by atoms with van der Waals surface area (Å²) in [6.45, 7) is 7.28. The molecule has 2 aliphatic rings. The van der Waals surface area contributed by atoms with E-state index in [2.05, 4.69) is 0 Å². The van der Waals surface area contributed by atoms with Crippen molar-refractivity contribution in [3.63, 3.8) is 0 Å². The molecule has 1 aliphatic carbocycles. The summed E-state index contributed by atoms with van der Waals surface area (Å²) in [5, 5.41) is 8.06. The number of amides is 1. The number of sulfonamides is 1. The summed E-state index contributed by atoms with van der Waals surface area (Å²) in [6, 6.07) is 5.69. The Kier molecular flexibility index (Phi) is 7.60. The standard InChI is InChI=1S/C24H29Cl2NO8S/c1-14(2)15-10-23(25,13-27-20(29)16-8-6-7-9-17(16)36(27,32)33)19(21(30)31)24(26,11-15)34-12-18(28)35-22(3,4)5/h6-9,11,14,19H,10,12-13H2,1-5H3,(H,30,31). The fraction of sp³-hybridized carbons (Fsp3) is 0.542. The number of ether oxygens (including phenoxy) is 2. The highest BCUT2D eigenvalue weighted by atomic mass is 35.5. The van der Waals surface area contributed by atoms with Crippen molar-refractivity contribution in [2.75, 3.05) is 13.2 Å². The molecule has 198 valence electrons. The van der Waals surface area contributed by atoms with Crippen LogP contribution in [0.15, 0.2) is 40.8 Å². The van der Waals surface area contributed by atoms with Gasteiger partial charge in [-0.2, -0.15) is 0 Å². The molecule has 1 aliphatic heterocycles. The number of benzene rings is 1. The van der Waals surface area contributed by atoms with Gasteiger partial charge in [-0.1, -0.05) is 43.2 Å². The molecular formula is C24H29Cl2NO8S. The number of rotatable bonds is 7. The third-order valence-electron chi connectivity index (χ3n) is 5.93. The molecule has 1 amide bonds. The van der Waals surface area contributed by atoms with Crippen LogP contribution in [-0.2, 0) is 29.1 Å². The molecule has 12 heteroatoms. The maximum Gasteiger partial charge on any atom is 0.332 e. The van der Waals surface area contributed by atoms with Crippen LogP contribution in [0.5, 0.6) is 0 Å². The van der Waals surface area contributed by atoms with Crippen LogP contribution in [0.3, 0.4) is 0 Å². The van der Waals surface area contributed by atoms with E-state index in [1.807, 2.05) is 13.8 Å². The lowest BCUT2D eigenvalue weighted by Crippen LogP contribution is -2.59. The van der Waals surface area contributed by atoms with E-state index < -0.39 is 62.5 Å². The van der Waals surface area contributed by atoms with E-state index in [0.29, 0.717) is 9.88 Å². The van der Waals surface area contributed by atoms with Crippen LogP contribution in [0.4, 0.5) is 0 Å². The lowest BCUT2D eigenvalue weighted by molar-refractivity contribution is -0.168. The Morgan fingerprint density at radius 3 is 2.36 bits per heavy atom. The molecule has 0 radical (unpaired) electrons. The van der Waals surface area contributed by atoms with Gasteiger partial charge in [0, 0.05) is 0 Å². The first kappa shape index (κ1) is 28.4. The van der Waals surface area contributed by atoms with E-state index in [9.17, 15) is 27.9 Å². The first-order valence-electron chi connectivity index (χ1n) is 11.3. The molecule has 0 bridgehead atoms. The average Bonchev–Trinajstić information content (AvgIpc) is 2.91. The summed E-state index contributed by atoms with van der Waals surface area (Å²) in [5.74, 6) is -4.98. The largest absolute Gasteiger partial charge is 0.481 e. The van der Waals surface area contributed by atoms with Crippen molar-refractivity contribution in [3.05, 3.63) is 41.5 Å². The summed E-state index contributed by atoms with van der Waals surface area (Å²) in [4.78, 5) is 35.8. The summed E-state index contributed by atoms with van der Waals surface area (Å²) in [6.07, 6.45) is 1.32. The first-order valence-corrected chi connectivity index (χ1v) is 13.4. The normalized spacial score (nSPS) is 27.6. The number of hydrogen-bond donors (Lipinski definition) is 1. The van der Waals surface area contributed by atoms with Gasteiger partial charge in [-0.3, -0.25) is 9.59 Å². The van der Waals surface area contributed by atoms with Crippen LogP contribution in [0, 0.1) is 11.8 Å². The maximum atomic E-state index is 13.2. The molecule has 0 spiro atoms. The number of carbonyl (C=O) groups is 3. The SMILES string of the molecule is CC(C)C1=CC(Cl)(OCC(=O)OC(C)(C)C)C(C(=O)O)C(Cl)(CN2C(=O)c3ccccc3S2(=O)=O)C1. The Hall–Kier alpha value is -2.14. The van der Waals surface area contributed by atoms with Gasteiger partial charge < -0.3 is 14.6 Å². The van der Waals surface area contributed by atoms with E-state index in [-0.39, 0.29) is 22.8 Å². The summed E-state index contributed by atoms with van der Waals surface area (Å²) in [5.41, 5.74) is -0.255. The van der Waals surface area contributed by atoms with Gasteiger partial charge in [0.15, 0.2) is 5.06 Å². The van der Waals surface area contributed by atoms with E-state index in [1.54, 1.807) is 20.8 Å². The van der Waals surface area contributed by atoms with Gasteiger partial charge in [-0.05, 0) is 51.3 Å². The van der Waals surface area contributed by atoms with Crippen molar-refractivity contribution in [3.8, 4) is 0 Å². The number of aliphatic carboxylic acids is 1. The van der Waals surface area contributed by atoms with Gasteiger partial charge in [0.1, 0.15) is 23.0 Å². The van der Waals surface area contributed by atoms with Crippen LogP contribution >= 0.6 is 23.2 Å². The Bertz CT molecular complexity index is 1220. The monoisotopic (exact) mass is 561 g/mol. The van der Waals surface area contributed by atoms with E-state index in [4.69, 9.17) is 32.7 Å². The van der Waals surface area contributed by atoms with E-state index in [1.165, 1.54) is 30.3 Å². The second-order valence-electron chi connectivity index (χ2n) is 10.2. The molecule has 1 aromatic carbocycles. The van der Waals surface area contributed by atoms with Crippen LogP contribution in [0.1, 0.15) is 51.4 Å². The molecule has 3 atom stereocenters. The molecular weight excluding hydrogens is 533 g/mol. The van der Waals surface area contributed by atoms with Crippen molar-refractivity contribution in [2.45, 2.75) is 61.5 Å². The predicted octanol–water partition coefficient (Wildman–Crippen LogP) is 3.79. The molecule has 0 aromatic heterocycles. The second-order valence-corrected chi connectivity index (χ2v) is 13.4. The zero-order chi connectivity index (χ0) is 27.3. The second kappa shape index (κ2) is 9.63. The number of fused-ring (bicyclic) bond motifs is 1. The average molecular weight is 562 g/mol. The summed E-state index contributed by atoms with van der Waals surface area (Å²) in [7, 11) is -4.27. The minimum absolute atomic E-state index is 0.0293. The summed E-state index contributed by atoms with van der Waals surface area (Å²) >= 11 is 13.7. The van der Waals surface area contributed by atoms with Gasteiger partial charge in [0.25, 0.3) is 15.9 Å². The highest BCUT2D eigenvalue weighted by molar-refractivity contribution is 7.90. The van der Waals surface area contributed by atoms with Crippen molar-refractivity contribution in [1.82, 2.24) is 4.31 Å². The molecule has 36 heavy (non-hydrogen) atoms. The fourth-order valence-corrected chi connectivity index (χ4v) is 7.17. The van der Waals surface area contributed by atoms with E-state index >= 15 is 0 Å². The molecule has 0 saturated heterocycles. The Morgan fingerprint density at radius 2 is 1.83 bits per heavy atom. The van der Waals surface area contributed by atoms with Crippen molar-refractivity contribution >= 4 is 51.1 Å². The lowest BCUT2D eigenvalue weighted by atomic mass is 9.73. The predicted molar refractivity (Wildman–Crippen MR) is 132 cm³/mol.